The number of nitrogens with zero attached hydrogens (tertiary/aromatic N) is 2. The van der Waals surface area contributed by atoms with Crippen LogP contribution in [0.3, 0.4) is 0 Å². The van der Waals surface area contributed by atoms with Gasteiger partial charge in [0, 0.05) is 32.6 Å². The second-order valence-corrected chi connectivity index (χ2v) is 7.73. The fourth-order valence-electron chi connectivity index (χ4n) is 3.70. The maximum absolute atomic E-state index is 13.0. The van der Waals surface area contributed by atoms with E-state index in [1.54, 1.807) is 17.0 Å². The Balaban J connectivity index is 1.48. The number of carbonyl (C=O) groups is 3. The lowest BCUT2D eigenvalue weighted by atomic mass is 10.1. The molecular weight excluding hydrogens is 397 g/mol. The number of likely N-dealkylation sites (N-methyl/N-ethyl adjacent to an activating group) is 1. The molecule has 2 aromatic rings. The summed E-state index contributed by atoms with van der Waals surface area (Å²) in [5.74, 6) is -1.24. The average molecular weight is 426 g/mol. The molecule has 1 saturated heterocycles. The number of benzene rings is 2. The molecular formula is C24H28FN3O3. The molecule has 1 atom stereocenters. The summed E-state index contributed by atoms with van der Waals surface area (Å²) in [7, 11) is 0. The summed E-state index contributed by atoms with van der Waals surface area (Å²) in [6, 6.07) is 15.8. The lowest BCUT2D eigenvalue weighted by Crippen LogP contribution is -2.43. The van der Waals surface area contributed by atoms with Crippen molar-refractivity contribution in [1.82, 2.24) is 15.1 Å². The number of carbonyl (C=O) groups excluding carboxylic acids is 3. The van der Waals surface area contributed by atoms with Gasteiger partial charge in [0.05, 0.1) is 12.5 Å². The number of amides is 3. The van der Waals surface area contributed by atoms with Gasteiger partial charge in [-0.25, -0.2) is 4.39 Å². The van der Waals surface area contributed by atoms with Crippen molar-refractivity contribution in [1.29, 1.82) is 0 Å². The van der Waals surface area contributed by atoms with E-state index in [0.717, 1.165) is 17.5 Å². The minimum atomic E-state index is -0.423. The Kier molecular flexibility index (Phi) is 7.76. The van der Waals surface area contributed by atoms with Gasteiger partial charge in [0.2, 0.25) is 17.7 Å². The van der Waals surface area contributed by atoms with Crippen LogP contribution in [0.2, 0.25) is 0 Å². The SMILES string of the molecule is CCN(CC(=O)NCc1ccc(F)cc1)C(=O)C1CC(=O)N(CCc2ccccc2)C1. The zero-order chi connectivity index (χ0) is 22.2. The van der Waals surface area contributed by atoms with Gasteiger partial charge in [0.25, 0.3) is 0 Å². The Bertz CT molecular complexity index is 902. The lowest BCUT2D eigenvalue weighted by molar-refractivity contribution is -0.139. The van der Waals surface area contributed by atoms with E-state index in [-0.39, 0.29) is 43.0 Å². The minimum Gasteiger partial charge on any atom is -0.350 e. The van der Waals surface area contributed by atoms with E-state index in [2.05, 4.69) is 5.32 Å². The van der Waals surface area contributed by atoms with E-state index in [0.29, 0.717) is 19.6 Å². The highest BCUT2D eigenvalue weighted by Crippen LogP contribution is 2.20. The Labute approximate surface area is 182 Å². The van der Waals surface area contributed by atoms with Crippen molar-refractivity contribution in [2.75, 3.05) is 26.2 Å². The largest absolute Gasteiger partial charge is 0.350 e. The summed E-state index contributed by atoms with van der Waals surface area (Å²) in [5.41, 5.74) is 1.93. The van der Waals surface area contributed by atoms with Gasteiger partial charge < -0.3 is 15.1 Å². The summed E-state index contributed by atoms with van der Waals surface area (Å²) >= 11 is 0. The van der Waals surface area contributed by atoms with Gasteiger partial charge in [-0.1, -0.05) is 42.5 Å². The van der Waals surface area contributed by atoms with Crippen molar-refractivity contribution >= 4 is 17.7 Å². The van der Waals surface area contributed by atoms with E-state index >= 15 is 0 Å². The van der Waals surface area contributed by atoms with Crippen LogP contribution < -0.4 is 5.32 Å². The smallest absolute Gasteiger partial charge is 0.239 e. The summed E-state index contributed by atoms with van der Waals surface area (Å²) in [4.78, 5) is 40.8. The fourth-order valence-corrected chi connectivity index (χ4v) is 3.70. The second-order valence-electron chi connectivity index (χ2n) is 7.73. The molecule has 0 bridgehead atoms. The topological polar surface area (TPSA) is 69.7 Å². The predicted molar refractivity (Wildman–Crippen MR) is 115 cm³/mol. The molecule has 164 valence electrons. The third kappa shape index (κ3) is 6.38. The van der Waals surface area contributed by atoms with Crippen LogP contribution in [0.1, 0.15) is 24.5 Å². The van der Waals surface area contributed by atoms with E-state index in [1.807, 2.05) is 37.3 Å². The van der Waals surface area contributed by atoms with E-state index in [1.165, 1.54) is 17.0 Å². The molecule has 3 rings (SSSR count). The number of rotatable bonds is 9. The van der Waals surface area contributed by atoms with Crippen LogP contribution in [0.15, 0.2) is 54.6 Å². The van der Waals surface area contributed by atoms with Gasteiger partial charge in [-0.15, -0.1) is 0 Å². The van der Waals surface area contributed by atoms with Crippen molar-refractivity contribution in [2.45, 2.75) is 26.3 Å². The van der Waals surface area contributed by atoms with Gasteiger partial charge in [-0.3, -0.25) is 14.4 Å². The first-order valence-corrected chi connectivity index (χ1v) is 10.6. The van der Waals surface area contributed by atoms with Gasteiger partial charge in [-0.2, -0.15) is 0 Å². The van der Waals surface area contributed by atoms with Crippen LogP contribution in [0, 0.1) is 11.7 Å². The van der Waals surface area contributed by atoms with Gasteiger partial charge in [0.15, 0.2) is 0 Å². The molecule has 1 heterocycles. The Morgan fingerprint density at radius 1 is 1.10 bits per heavy atom. The first-order chi connectivity index (χ1) is 15.0. The quantitative estimate of drug-likeness (QED) is 0.671. The van der Waals surface area contributed by atoms with Crippen LogP contribution in [-0.4, -0.2) is 53.7 Å². The molecule has 1 aliphatic rings. The highest BCUT2D eigenvalue weighted by atomic mass is 19.1. The van der Waals surface area contributed by atoms with Crippen LogP contribution in [-0.2, 0) is 27.3 Å². The number of hydrogen-bond acceptors (Lipinski definition) is 3. The molecule has 31 heavy (non-hydrogen) atoms. The summed E-state index contributed by atoms with van der Waals surface area (Å²) in [6.45, 7) is 3.37. The zero-order valence-corrected chi connectivity index (χ0v) is 17.7. The van der Waals surface area contributed by atoms with Crippen molar-refractivity contribution in [3.8, 4) is 0 Å². The monoisotopic (exact) mass is 425 g/mol. The molecule has 1 fully saturated rings. The van der Waals surface area contributed by atoms with Crippen molar-refractivity contribution in [3.05, 3.63) is 71.5 Å². The predicted octanol–water partition coefficient (Wildman–Crippen LogP) is 2.38. The molecule has 1 unspecified atom stereocenters. The normalized spacial score (nSPS) is 15.7. The number of halogens is 1. The molecule has 0 radical (unpaired) electrons. The standard InChI is InChI=1S/C24H28FN3O3/c1-2-27(17-22(29)26-15-19-8-10-21(25)11-9-19)24(31)20-14-23(30)28(16-20)13-12-18-6-4-3-5-7-18/h3-11,20H,2,12-17H2,1H3,(H,26,29). The van der Waals surface area contributed by atoms with Crippen molar-refractivity contribution in [2.24, 2.45) is 5.92 Å². The van der Waals surface area contributed by atoms with Gasteiger partial charge >= 0.3 is 0 Å². The highest BCUT2D eigenvalue weighted by molar-refractivity contribution is 5.91. The molecule has 6 nitrogen and oxygen atoms in total. The summed E-state index contributed by atoms with van der Waals surface area (Å²) < 4.78 is 13.0. The molecule has 1 N–H and O–H groups in total. The van der Waals surface area contributed by atoms with E-state index in [9.17, 15) is 18.8 Å². The van der Waals surface area contributed by atoms with E-state index < -0.39 is 5.92 Å². The maximum Gasteiger partial charge on any atom is 0.239 e. The van der Waals surface area contributed by atoms with Crippen molar-refractivity contribution < 1.29 is 18.8 Å². The van der Waals surface area contributed by atoms with Crippen LogP contribution in [0.4, 0.5) is 4.39 Å². The molecule has 0 aliphatic carbocycles. The number of nitrogens with one attached hydrogen (secondary N) is 1. The van der Waals surface area contributed by atoms with Crippen LogP contribution >= 0.6 is 0 Å². The Morgan fingerprint density at radius 3 is 2.48 bits per heavy atom. The number of hydrogen-bond donors (Lipinski definition) is 1. The van der Waals surface area contributed by atoms with Gasteiger partial charge in [-0.05, 0) is 36.6 Å². The van der Waals surface area contributed by atoms with Gasteiger partial charge in [0.1, 0.15) is 5.82 Å². The molecule has 7 heteroatoms. The highest BCUT2D eigenvalue weighted by Gasteiger charge is 2.36. The average Bonchev–Trinajstić information content (AvgIpc) is 3.16. The first kappa shape index (κ1) is 22.5. The number of likely N-dealkylation sites (tertiary alicyclic amines) is 1. The summed E-state index contributed by atoms with van der Waals surface area (Å²) in [6.07, 6.45) is 0.929. The molecule has 0 aromatic heterocycles. The second kappa shape index (κ2) is 10.7. The van der Waals surface area contributed by atoms with Crippen LogP contribution in [0.25, 0.3) is 0 Å². The molecule has 0 spiro atoms. The third-order valence-corrected chi connectivity index (χ3v) is 5.51. The Hall–Kier alpha value is -3.22. The zero-order valence-electron chi connectivity index (χ0n) is 17.7. The molecule has 2 aromatic carbocycles. The van der Waals surface area contributed by atoms with Crippen molar-refractivity contribution in [3.63, 3.8) is 0 Å². The Morgan fingerprint density at radius 2 is 1.81 bits per heavy atom. The van der Waals surface area contributed by atoms with E-state index in [4.69, 9.17) is 0 Å². The molecule has 1 aliphatic heterocycles. The lowest BCUT2D eigenvalue weighted by Gasteiger charge is -2.24. The summed E-state index contributed by atoms with van der Waals surface area (Å²) in [5, 5.41) is 2.75. The maximum atomic E-state index is 13.0. The molecule has 3 amide bonds. The first-order valence-electron chi connectivity index (χ1n) is 10.6. The fraction of sp³-hybridized carbons (Fsp3) is 0.375. The van der Waals surface area contributed by atoms with Crippen LogP contribution in [0.5, 0.6) is 0 Å². The third-order valence-electron chi connectivity index (χ3n) is 5.51. The molecule has 0 saturated carbocycles. The minimum absolute atomic E-state index is 0.0221.